The van der Waals surface area contributed by atoms with Crippen molar-refractivity contribution in [2.24, 2.45) is 11.8 Å². The van der Waals surface area contributed by atoms with Gasteiger partial charge in [0.15, 0.2) is 0 Å². The molecule has 8 heteroatoms. The second-order valence-electron chi connectivity index (χ2n) is 10.0. The molecule has 3 aliphatic heterocycles. The highest BCUT2D eigenvalue weighted by atomic mass is 35.5. The van der Waals surface area contributed by atoms with Crippen LogP contribution in [-0.4, -0.2) is 33.6 Å². The number of rotatable bonds is 4. The van der Waals surface area contributed by atoms with Crippen molar-refractivity contribution >= 4 is 45.9 Å². The highest BCUT2D eigenvalue weighted by Gasteiger charge is 2.70. The first-order chi connectivity index (χ1) is 18.0. The summed E-state index contributed by atoms with van der Waals surface area (Å²) in [6.07, 6.45) is 2.42. The SMILES string of the molecule is O=C1[C@@H]2[C@H](Cc3c[nH]c4ccccc34)N[C@]3(C(=O)Nc4ccc(Cl)cc43)[C@@H]2C(=O)N1Cc1ccccc1. The van der Waals surface area contributed by atoms with Crippen molar-refractivity contribution in [2.75, 3.05) is 5.32 Å². The van der Waals surface area contributed by atoms with Gasteiger partial charge >= 0.3 is 0 Å². The summed E-state index contributed by atoms with van der Waals surface area (Å²) in [5, 5.41) is 7.95. The Morgan fingerprint density at radius 1 is 0.919 bits per heavy atom. The zero-order valence-corrected chi connectivity index (χ0v) is 20.5. The second kappa shape index (κ2) is 8.03. The third-order valence-corrected chi connectivity index (χ3v) is 8.30. The third kappa shape index (κ3) is 3.14. The summed E-state index contributed by atoms with van der Waals surface area (Å²) in [5.74, 6) is -2.49. The number of anilines is 1. The van der Waals surface area contributed by atoms with Gasteiger partial charge in [0.1, 0.15) is 5.54 Å². The van der Waals surface area contributed by atoms with Gasteiger partial charge in [-0.3, -0.25) is 24.6 Å². The topological polar surface area (TPSA) is 94.3 Å². The van der Waals surface area contributed by atoms with Crippen LogP contribution in [0.3, 0.4) is 0 Å². The highest BCUT2D eigenvalue weighted by molar-refractivity contribution is 6.31. The summed E-state index contributed by atoms with van der Waals surface area (Å²) >= 11 is 6.36. The molecule has 2 fully saturated rings. The van der Waals surface area contributed by atoms with Crippen LogP contribution in [0.15, 0.2) is 79.0 Å². The van der Waals surface area contributed by atoms with E-state index in [-0.39, 0.29) is 24.3 Å². The number of carbonyl (C=O) groups is 3. The number of fused-ring (bicyclic) bond motifs is 5. The molecule has 37 heavy (non-hydrogen) atoms. The Morgan fingerprint density at radius 2 is 1.70 bits per heavy atom. The van der Waals surface area contributed by atoms with E-state index in [4.69, 9.17) is 11.6 Å². The second-order valence-corrected chi connectivity index (χ2v) is 10.5. The van der Waals surface area contributed by atoms with Gasteiger partial charge in [0, 0.05) is 39.4 Å². The Balaban J connectivity index is 1.35. The fourth-order valence-electron chi connectivity index (χ4n) is 6.47. The monoisotopic (exact) mass is 510 g/mol. The molecule has 4 aromatic rings. The number of nitrogens with zero attached hydrogens (tertiary/aromatic N) is 1. The first kappa shape index (κ1) is 22.3. The van der Waals surface area contributed by atoms with E-state index in [9.17, 15) is 14.4 Å². The van der Waals surface area contributed by atoms with Crippen LogP contribution in [-0.2, 0) is 32.9 Å². The van der Waals surface area contributed by atoms with Gasteiger partial charge in [-0.2, -0.15) is 0 Å². The van der Waals surface area contributed by atoms with Crippen LogP contribution in [0, 0.1) is 11.8 Å². The predicted octanol–water partition coefficient (Wildman–Crippen LogP) is 3.98. The van der Waals surface area contributed by atoms with Crippen LogP contribution >= 0.6 is 11.6 Å². The molecule has 4 heterocycles. The number of hydrogen-bond donors (Lipinski definition) is 3. The zero-order valence-electron chi connectivity index (χ0n) is 19.7. The number of likely N-dealkylation sites (tertiary alicyclic amines) is 1. The highest BCUT2D eigenvalue weighted by Crippen LogP contribution is 2.54. The Labute approximate surface area is 217 Å². The number of H-pyrrole nitrogens is 1. The van der Waals surface area contributed by atoms with Gasteiger partial charge in [-0.15, -0.1) is 0 Å². The minimum atomic E-state index is -1.38. The van der Waals surface area contributed by atoms with Gasteiger partial charge in [0.25, 0.3) is 0 Å². The first-order valence-electron chi connectivity index (χ1n) is 12.3. The average Bonchev–Trinajstić information content (AvgIpc) is 3.61. The molecule has 1 spiro atoms. The molecule has 0 saturated carbocycles. The molecule has 3 amide bonds. The lowest BCUT2D eigenvalue weighted by Gasteiger charge is -2.29. The largest absolute Gasteiger partial charge is 0.361 e. The van der Waals surface area contributed by atoms with Crippen molar-refractivity contribution in [2.45, 2.75) is 24.5 Å². The lowest BCUT2D eigenvalue weighted by Crippen LogP contribution is -2.53. The van der Waals surface area contributed by atoms with Crippen molar-refractivity contribution in [3.8, 4) is 0 Å². The summed E-state index contributed by atoms with van der Waals surface area (Å²) in [5.41, 5.74) is 2.73. The number of halogens is 1. The molecule has 184 valence electrons. The molecule has 0 radical (unpaired) electrons. The van der Waals surface area contributed by atoms with E-state index in [0.717, 1.165) is 22.0 Å². The standard InChI is InChI=1S/C29H23ClN4O3/c30-18-10-11-22-20(13-18)29(28(37)32-22)25-24(26(35)34(27(25)36)15-16-6-2-1-3-7-16)23(33-29)12-17-14-31-21-9-5-4-8-19(17)21/h1-11,13-14,23-25,31,33H,12,15H2,(H,32,37)/t23-,24+,25-,29-/m0/s1. The maximum absolute atomic E-state index is 14.0. The van der Waals surface area contributed by atoms with Crippen LogP contribution in [0.1, 0.15) is 16.7 Å². The predicted molar refractivity (Wildman–Crippen MR) is 140 cm³/mol. The molecule has 7 nitrogen and oxygen atoms in total. The molecule has 7 rings (SSSR count). The number of aromatic amines is 1. The number of nitrogens with one attached hydrogen (secondary N) is 3. The summed E-state index contributed by atoms with van der Waals surface area (Å²) < 4.78 is 0. The van der Waals surface area contributed by atoms with Crippen LogP contribution in [0.4, 0.5) is 5.69 Å². The molecule has 0 bridgehead atoms. The lowest BCUT2D eigenvalue weighted by molar-refractivity contribution is -0.143. The van der Waals surface area contributed by atoms with Crippen LogP contribution in [0.5, 0.6) is 0 Å². The summed E-state index contributed by atoms with van der Waals surface area (Å²) in [4.78, 5) is 46.2. The van der Waals surface area contributed by atoms with Crippen LogP contribution in [0.2, 0.25) is 5.02 Å². The smallest absolute Gasteiger partial charge is 0.250 e. The fraction of sp³-hybridized carbons (Fsp3) is 0.207. The Hall–Kier alpha value is -3.94. The van der Waals surface area contributed by atoms with Gasteiger partial charge in [-0.1, -0.05) is 60.1 Å². The number of para-hydroxylation sites is 1. The van der Waals surface area contributed by atoms with Crippen LogP contribution < -0.4 is 10.6 Å². The number of aromatic nitrogens is 1. The van der Waals surface area contributed by atoms with E-state index in [1.165, 1.54) is 4.90 Å². The average molecular weight is 511 g/mol. The number of benzene rings is 3. The molecule has 3 aromatic carbocycles. The molecule has 4 atom stereocenters. The van der Waals surface area contributed by atoms with E-state index in [1.54, 1.807) is 18.2 Å². The lowest BCUT2D eigenvalue weighted by atomic mass is 9.76. The normalized spacial score (nSPS) is 26.2. The van der Waals surface area contributed by atoms with E-state index in [1.807, 2.05) is 60.8 Å². The third-order valence-electron chi connectivity index (χ3n) is 8.07. The number of carbonyl (C=O) groups excluding carboxylic acids is 3. The molecular weight excluding hydrogens is 488 g/mol. The quantitative estimate of drug-likeness (QED) is 0.362. The number of amides is 3. The summed E-state index contributed by atoms with van der Waals surface area (Å²) in [6, 6.07) is 22.2. The molecule has 0 unspecified atom stereocenters. The van der Waals surface area contributed by atoms with E-state index in [0.29, 0.717) is 22.7 Å². The zero-order chi connectivity index (χ0) is 25.3. The van der Waals surface area contributed by atoms with E-state index in [2.05, 4.69) is 15.6 Å². The molecule has 3 aliphatic rings. The Bertz CT molecular complexity index is 1600. The molecule has 1 aromatic heterocycles. The van der Waals surface area contributed by atoms with Gasteiger partial charge in [0.2, 0.25) is 17.7 Å². The maximum Gasteiger partial charge on any atom is 0.250 e. The van der Waals surface area contributed by atoms with Crippen molar-refractivity contribution in [1.82, 2.24) is 15.2 Å². The Morgan fingerprint density at radius 3 is 2.54 bits per heavy atom. The summed E-state index contributed by atoms with van der Waals surface area (Å²) in [7, 11) is 0. The number of imide groups is 1. The van der Waals surface area contributed by atoms with Crippen molar-refractivity contribution in [1.29, 1.82) is 0 Å². The maximum atomic E-state index is 14.0. The first-order valence-corrected chi connectivity index (χ1v) is 12.7. The van der Waals surface area contributed by atoms with Gasteiger partial charge in [-0.05, 0) is 41.8 Å². The molecule has 3 N–H and O–H groups in total. The summed E-state index contributed by atoms with van der Waals surface area (Å²) in [6.45, 7) is 0.172. The molecule has 2 saturated heterocycles. The van der Waals surface area contributed by atoms with E-state index >= 15 is 0 Å². The van der Waals surface area contributed by atoms with Gasteiger partial charge in [-0.25, -0.2) is 0 Å². The molecular formula is C29H23ClN4O3. The van der Waals surface area contributed by atoms with Crippen molar-refractivity contribution in [3.63, 3.8) is 0 Å². The fourth-order valence-corrected chi connectivity index (χ4v) is 6.64. The van der Waals surface area contributed by atoms with Gasteiger partial charge in [0.05, 0.1) is 18.4 Å². The van der Waals surface area contributed by atoms with Crippen LogP contribution in [0.25, 0.3) is 10.9 Å². The Kier molecular flexibility index (Phi) is 4.83. The number of hydrogen-bond acceptors (Lipinski definition) is 4. The van der Waals surface area contributed by atoms with Gasteiger partial charge < -0.3 is 10.3 Å². The molecule has 0 aliphatic carbocycles. The minimum absolute atomic E-state index is 0.172. The minimum Gasteiger partial charge on any atom is -0.361 e. The van der Waals surface area contributed by atoms with Crippen molar-refractivity contribution < 1.29 is 14.4 Å². The van der Waals surface area contributed by atoms with Crippen molar-refractivity contribution in [3.05, 3.63) is 101 Å². The van der Waals surface area contributed by atoms with E-state index < -0.39 is 23.4 Å².